The molecule has 1 aliphatic carbocycles. The van der Waals surface area contributed by atoms with Crippen molar-refractivity contribution in [1.82, 2.24) is 10.6 Å². The summed E-state index contributed by atoms with van der Waals surface area (Å²) in [6.07, 6.45) is 3.68. The first kappa shape index (κ1) is 12.5. The van der Waals surface area contributed by atoms with Gasteiger partial charge in [0.1, 0.15) is 0 Å². The fraction of sp³-hybridized carbons (Fsp3) is 0.917. The first-order valence-corrected chi connectivity index (χ1v) is 6.02. The van der Waals surface area contributed by atoms with Gasteiger partial charge in [0.05, 0.1) is 6.04 Å². The van der Waals surface area contributed by atoms with Crippen LogP contribution in [0, 0.1) is 11.8 Å². The van der Waals surface area contributed by atoms with Crippen LogP contribution in [0.2, 0.25) is 0 Å². The van der Waals surface area contributed by atoms with Crippen LogP contribution in [-0.2, 0) is 4.79 Å². The molecular formula is C12H24N2O. The lowest BCUT2D eigenvalue weighted by Crippen LogP contribution is -2.47. The zero-order valence-electron chi connectivity index (χ0n) is 10.3. The van der Waals surface area contributed by atoms with Gasteiger partial charge in [-0.15, -0.1) is 0 Å². The van der Waals surface area contributed by atoms with E-state index in [0.717, 1.165) is 11.8 Å². The molecular weight excluding hydrogens is 188 g/mol. The molecule has 0 radical (unpaired) electrons. The van der Waals surface area contributed by atoms with Gasteiger partial charge in [0.15, 0.2) is 0 Å². The Hall–Kier alpha value is -0.570. The Morgan fingerprint density at radius 1 is 1.27 bits per heavy atom. The summed E-state index contributed by atoms with van der Waals surface area (Å²) in [5.74, 6) is 1.69. The number of hydrogen-bond acceptors (Lipinski definition) is 2. The molecule has 3 heteroatoms. The lowest BCUT2D eigenvalue weighted by atomic mass is 9.79. The van der Waals surface area contributed by atoms with Crippen LogP contribution >= 0.6 is 0 Å². The van der Waals surface area contributed by atoms with Crippen molar-refractivity contribution in [3.8, 4) is 0 Å². The Bertz CT molecular complexity index is 218. The van der Waals surface area contributed by atoms with Crippen LogP contribution in [0.15, 0.2) is 0 Å². The maximum Gasteiger partial charge on any atom is 0.236 e. The third kappa shape index (κ3) is 3.49. The van der Waals surface area contributed by atoms with Crippen LogP contribution in [0.4, 0.5) is 0 Å². The number of likely N-dealkylation sites (N-methyl/N-ethyl adjacent to an activating group) is 1. The molecule has 0 heterocycles. The third-order valence-corrected chi connectivity index (χ3v) is 3.72. The fourth-order valence-corrected chi connectivity index (χ4v) is 2.34. The number of amides is 1. The molecule has 15 heavy (non-hydrogen) atoms. The zero-order valence-corrected chi connectivity index (χ0v) is 10.3. The molecule has 0 unspecified atom stereocenters. The second-order valence-electron chi connectivity index (χ2n) is 4.97. The smallest absolute Gasteiger partial charge is 0.236 e. The zero-order chi connectivity index (χ0) is 11.4. The molecule has 0 spiro atoms. The fourth-order valence-electron chi connectivity index (χ4n) is 2.34. The first-order valence-electron chi connectivity index (χ1n) is 6.02. The van der Waals surface area contributed by atoms with E-state index in [-0.39, 0.29) is 11.9 Å². The predicted octanol–water partition coefficient (Wildman–Crippen LogP) is 1.54. The van der Waals surface area contributed by atoms with Gasteiger partial charge in [-0.1, -0.05) is 13.8 Å². The molecule has 0 saturated heterocycles. The molecule has 0 aromatic carbocycles. The topological polar surface area (TPSA) is 41.1 Å². The summed E-state index contributed by atoms with van der Waals surface area (Å²) in [5, 5.41) is 6.08. The minimum Gasteiger partial charge on any atom is -0.358 e. The van der Waals surface area contributed by atoms with Crippen LogP contribution in [0.3, 0.4) is 0 Å². The normalized spacial score (nSPS) is 33.5. The van der Waals surface area contributed by atoms with E-state index in [4.69, 9.17) is 0 Å². The second-order valence-corrected chi connectivity index (χ2v) is 4.97. The van der Waals surface area contributed by atoms with E-state index in [1.165, 1.54) is 19.3 Å². The Kier molecular flexibility index (Phi) is 4.58. The quantitative estimate of drug-likeness (QED) is 0.745. The van der Waals surface area contributed by atoms with Crippen molar-refractivity contribution in [2.45, 2.75) is 52.1 Å². The van der Waals surface area contributed by atoms with Crippen molar-refractivity contribution < 1.29 is 4.79 Å². The monoisotopic (exact) mass is 212 g/mol. The summed E-state index contributed by atoms with van der Waals surface area (Å²) >= 11 is 0. The average molecular weight is 212 g/mol. The molecule has 3 nitrogen and oxygen atoms in total. The second kappa shape index (κ2) is 5.50. The SMILES string of the molecule is CNC(=O)[C@@H](C)N[C@@H]1CC[C@H](C)[C@@H](C)C1. The average Bonchev–Trinajstić information content (AvgIpc) is 2.22. The summed E-state index contributed by atoms with van der Waals surface area (Å²) in [5.41, 5.74) is 0. The standard InChI is InChI=1S/C12H24N2O/c1-8-5-6-11(7-9(8)2)14-10(3)12(15)13-4/h8-11,14H,5-7H2,1-4H3,(H,13,15)/t8-,9-,10+,11+/m0/s1. The number of nitrogens with one attached hydrogen (secondary N) is 2. The lowest BCUT2D eigenvalue weighted by molar-refractivity contribution is -0.122. The van der Waals surface area contributed by atoms with Crippen LogP contribution < -0.4 is 10.6 Å². The summed E-state index contributed by atoms with van der Waals surface area (Å²) in [4.78, 5) is 11.4. The largest absolute Gasteiger partial charge is 0.358 e. The van der Waals surface area contributed by atoms with Crippen molar-refractivity contribution in [3.63, 3.8) is 0 Å². The van der Waals surface area contributed by atoms with Crippen molar-refractivity contribution >= 4 is 5.91 Å². The summed E-state index contributed by atoms with van der Waals surface area (Å²) in [6.45, 7) is 6.56. The van der Waals surface area contributed by atoms with Crippen LogP contribution in [0.25, 0.3) is 0 Å². The van der Waals surface area contributed by atoms with E-state index in [0.29, 0.717) is 6.04 Å². The molecule has 4 atom stereocenters. The van der Waals surface area contributed by atoms with Crippen molar-refractivity contribution in [2.24, 2.45) is 11.8 Å². The summed E-state index contributed by atoms with van der Waals surface area (Å²) < 4.78 is 0. The molecule has 0 bridgehead atoms. The first-order chi connectivity index (χ1) is 7.04. The van der Waals surface area contributed by atoms with Gasteiger partial charge in [0.2, 0.25) is 5.91 Å². The van der Waals surface area contributed by atoms with E-state index < -0.39 is 0 Å². The number of carbonyl (C=O) groups excluding carboxylic acids is 1. The minimum absolute atomic E-state index is 0.0689. The molecule has 1 rings (SSSR count). The van der Waals surface area contributed by atoms with Gasteiger partial charge in [-0.25, -0.2) is 0 Å². The molecule has 2 N–H and O–H groups in total. The Morgan fingerprint density at radius 3 is 2.47 bits per heavy atom. The Labute approximate surface area is 93.0 Å². The Morgan fingerprint density at radius 2 is 1.93 bits per heavy atom. The third-order valence-electron chi connectivity index (χ3n) is 3.72. The lowest BCUT2D eigenvalue weighted by Gasteiger charge is -2.33. The Balaban J connectivity index is 2.36. The van der Waals surface area contributed by atoms with Gasteiger partial charge in [0.25, 0.3) is 0 Å². The molecule has 1 fully saturated rings. The van der Waals surface area contributed by atoms with E-state index >= 15 is 0 Å². The van der Waals surface area contributed by atoms with E-state index in [1.54, 1.807) is 7.05 Å². The molecule has 1 saturated carbocycles. The van der Waals surface area contributed by atoms with Gasteiger partial charge in [-0.2, -0.15) is 0 Å². The highest BCUT2D eigenvalue weighted by Crippen LogP contribution is 2.29. The molecule has 1 amide bonds. The van der Waals surface area contributed by atoms with Gasteiger partial charge in [0, 0.05) is 13.1 Å². The molecule has 1 aliphatic rings. The molecule has 88 valence electrons. The van der Waals surface area contributed by atoms with Crippen molar-refractivity contribution in [1.29, 1.82) is 0 Å². The van der Waals surface area contributed by atoms with Gasteiger partial charge in [-0.05, 0) is 38.0 Å². The van der Waals surface area contributed by atoms with E-state index in [9.17, 15) is 4.79 Å². The summed E-state index contributed by atoms with van der Waals surface area (Å²) in [6, 6.07) is 0.448. The summed E-state index contributed by atoms with van der Waals surface area (Å²) in [7, 11) is 1.69. The number of rotatable bonds is 3. The van der Waals surface area contributed by atoms with E-state index in [2.05, 4.69) is 24.5 Å². The highest BCUT2D eigenvalue weighted by molar-refractivity contribution is 5.80. The van der Waals surface area contributed by atoms with Gasteiger partial charge in [-0.3, -0.25) is 4.79 Å². The van der Waals surface area contributed by atoms with Crippen LogP contribution in [0.1, 0.15) is 40.0 Å². The van der Waals surface area contributed by atoms with Gasteiger partial charge >= 0.3 is 0 Å². The van der Waals surface area contributed by atoms with E-state index in [1.807, 2.05) is 6.92 Å². The van der Waals surface area contributed by atoms with Crippen LogP contribution in [0.5, 0.6) is 0 Å². The maximum atomic E-state index is 11.4. The highest BCUT2D eigenvalue weighted by Gasteiger charge is 2.26. The number of carbonyl (C=O) groups is 1. The van der Waals surface area contributed by atoms with Gasteiger partial charge < -0.3 is 10.6 Å². The van der Waals surface area contributed by atoms with Crippen LogP contribution in [-0.4, -0.2) is 25.0 Å². The molecule has 0 aromatic rings. The van der Waals surface area contributed by atoms with Crippen molar-refractivity contribution in [2.75, 3.05) is 7.05 Å². The maximum absolute atomic E-state index is 11.4. The molecule has 0 aromatic heterocycles. The number of hydrogen-bond donors (Lipinski definition) is 2. The predicted molar refractivity (Wildman–Crippen MR) is 62.6 cm³/mol. The minimum atomic E-state index is -0.0689. The molecule has 0 aliphatic heterocycles. The van der Waals surface area contributed by atoms with Crippen molar-refractivity contribution in [3.05, 3.63) is 0 Å². The highest BCUT2D eigenvalue weighted by atomic mass is 16.2.